The normalized spacial score (nSPS) is 10.9. The zero-order chi connectivity index (χ0) is 21.1. The molecule has 2 heterocycles. The molecule has 4 rings (SSSR count). The zero-order valence-electron chi connectivity index (χ0n) is 17.1. The van der Waals surface area contributed by atoms with E-state index in [4.69, 9.17) is 21.1 Å². The van der Waals surface area contributed by atoms with Crippen LogP contribution in [0.4, 0.5) is 5.95 Å². The number of nitrogens with zero attached hydrogens (tertiary/aromatic N) is 3. The highest BCUT2D eigenvalue weighted by molar-refractivity contribution is 6.30. The molecule has 0 radical (unpaired) electrons. The molecule has 0 saturated heterocycles. The lowest BCUT2D eigenvalue weighted by Crippen LogP contribution is -2.09. The van der Waals surface area contributed by atoms with Crippen LogP contribution in [0.3, 0.4) is 0 Å². The van der Waals surface area contributed by atoms with Crippen LogP contribution in [-0.2, 0) is 13.5 Å². The van der Waals surface area contributed by atoms with Crippen molar-refractivity contribution in [2.75, 3.05) is 26.1 Å². The standard InChI is InChI=1S/C23H23ClN4O2/c1-28-21-13-19(15-4-6-17(24)7-5-15)26-14-20(21)27-23(28)25-11-10-16-12-18(29-2)8-9-22(16)30-3/h4-9,12-14H,10-11H2,1-3H3,(H,25,27). The zero-order valence-corrected chi connectivity index (χ0v) is 17.9. The molecule has 0 saturated carbocycles. The fraction of sp³-hybridized carbons (Fsp3) is 0.217. The minimum atomic E-state index is 0.707. The second-order valence-electron chi connectivity index (χ2n) is 6.91. The first-order chi connectivity index (χ1) is 14.6. The predicted octanol–water partition coefficient (Wildman–Crippen LogP) is 4.96. The molecule has 2 aromatic heterocycles. The fourth-order valence-electron chi connectivity index (χ4n) is 3.42. The molecule has 7 heteroatoms. The van der Waals surface area contributed by atoms with Gasteiger partial charge in [0.2, 0.25) is 5.95 Å². The number of anilines is 1. The second-order valence-corrected chi connectivity index (χ2v) is 7.35. The van der Waals surface area contributed by atoms with E-state index in [0.29, 0.717) is 11.6 Å². The number of imidazole rings is 1. The van der Waals surface area contributed by atoms with Gasteiger partial charge in [-0.3, -0.25) is 4.98 Å². The van der Waals surface area contributed by atoms with Gasteiger partial charge in [-0.2, -0.15) is 0 Å². The van der Waals surface area contributed by atoms with Crippen molar-refractivity contribution in [3.63, 3.8) is 0 Å². The number of aromatic nitrogens is 3. The Balaban J connectivity index is 1.52. The van der Waals surface area contributed by atoms with E-state index in [-0.39, 0.29) is 0 Å². The second kappa shape index (κ2) is 8.63. The SMILES string of the molecule is COc1ccc(OC)c(CCNc2nc3cnc(-c4ccc(Cl)cc4)cc3n2C)c1. The average molecular weight is 423 g/mol. The molecule has 2 aromatic carbocycles. The van der Waals surface area contributed by atoms with Crippen LogP contribution in [0.25, 0.3) is 22.3 Å². The van der Waals surface area contributed by atoms with Crippen LogP contribution in [0.15, 0.2) is 54.7 Å². The van der Waals surface area contributed by atoms with E-state index in [1.165, 1.54) is 0 Å². The number of nitrogens with one attached hydrogen (secondary N) is 1. The maximum atomic E-state index is 5.99. The summed E-state index contributed by atoms with van der Waals surface area (Å²) in [6, 6.07) is 15.5. The third-order valence-corrected chi connectivity index (χ3v) is 5.32. The topological polar surface area (TPSA) is 61.2 Å². The van der Waals surface area contributed by atoms with Gasteiger partial charge in [0.15, 0.2) is 0 Å². The number of hydrogen-bond acceptors (Lipinski definition) is 5. The maximum absolute atomic E-state index is 5.99. The molecule has 0 aliphatic rings. The molecule has 30 heavy (non-hydrogen) atoms. The Morgan fingerprint density at radius 1 is 1.03 bits per heavy atom. The summed E-state index contributed by atoms with van der Waals surface area (Å²) in [4.78, 5) is 9.23. The van der Waals surface area contributed by atoms with Crippen molar-refractivity contribution in [3.8, 4) is 22.8 Å². The largest absolute Gasteiger partial charge is 0.497 e. The quantitative estimate of drug-likeness (QED) is 0.456. The fourth-order valence-corrected chi connectivity index (χ4v) is 3.54. The summed E-state index contributed by atoms with van der Waals surface area (Å²) in [7, 11) is 5.33. The van der Waals surface area contributed by atoms with E-state index in [1.807, 2.05) is 60.1 Å². The first-order valence-corrected chi connectivity index (χ1v) is 10.00. The molecule has 0 aliphatic carbocycles. The molecule has 1 N–H and O–H groups in total. The van der Waals surface area contributed by atoms with Crippen molar-refractivity contribution in [3.05, 3.63) is 65.3 Å². The molecule has 0 aliphatic heterocycles. The van der Waals surface area contributed by atoms with Gasteiger partial charge in [-0.05, 0) is 48.4 Å². The van der Waals surface area contributed by atoms with Gasteiger partial charge in [0.25, 0.3) is 0 Å². The number of hydrogen-bond donors (Lipinski definition) is 1. The van der Waals surface area contributed by atoms with E-state index >= 15 is 0 Å². The number of fused-ring (bicyclic) bond motifs is 1. The Morgan fingerprint density at radius 3 is 2.57 bits per heavy atom. The third kappa shape index (κ3) is 4.04. The van der Waals surface area contributed by atoms with E-state index in [1.54, 1.807) is 20.4 Å². The number of aryl methyl sites for hydroxylation is 1. The van der Waals surface area contributed by atoms with E-state index < -0.39 is 0 Å². The van der Waals surface area contributed by atoms with E-state index in [2.05, 4.69) is 15.3 Å². The summed E-state index contributed by atoms with van der Waals surface area (Å²) in [5.74, 6) is 2.45. The molecule has 0 fully saturated rings. The molecular weight excluding hydrogens is 400 g/mol. The minimum absolute atomic E-state index is 0.707. The minimum Gasteiger partial charge on any atom is -0.497 e. The van der Waals surface area contributed by atoms with Gasteiger partial charge < -0.3 is 19.4 Å². The molecule has 6 nitrogen and oxygen atoms in total. The van der Waals surface area contributed by atoms with Crippen molar-refractivity contribution >= 4 is 28.6 Å². The van der Waals surface area contributed by atoms with Crippen molar-refractivity contribution < 1.29 is 9.47 Å². The molecule has 0 spiro atoms. The number of ether oxygens (including phenoxy) is 2. The number of methoxy groups -OCH3 is 2. The first-order valence-electron chi connectivity index (χ1n) is 9.62. The predicted molar refractivity (Wildman–Crippen MR) is 121 cm³/mol. The lowest BCUT2D eigenvalue weighted by molar-refractivity contribution is 0.399. The van der Waals surface area contributed by atoms with Crippen LogP contribution < -0.4 is 14.8 Å². The van der Waals surface area contributed by atoms with Crippen molar-refractivity contribution in [1.29, 1.82) is 0 Å². The summed E-state index contributed by atoms with van der Waals surface area (Å²) < 4.78 is 12.8. The molecule has 0 unspecified atom stereocenters. The lowest BCUT2D eigenvalue weighted by Gasteiger charge is -2.11. The van der Waals surface area contributed by atoms with Gasteiger partial charge in [0, 0.05) is 24.2 Å². The van der Waals surface area contributed by atoms with Gasteiger partial charge in [0.05, 0.1) is 31.6 Å². The summed E-state index contributed by atoms with van der Waals surface area (Å²) in [5, 5.41) is 4.12. The van der Waals surface area contributed by atoms with Gasteiger partial charge in [-0.25, -0.2) is 4.98 Å². The maximum Gasteiger partial charge on any atom is 0.203 e. The highest BCUT2D eigenvalue weighted by Gasteiger charge is 2.11. The smallest absolute Gasteiger partial charge is 0.203 e. The Labute approximate surface area is 180 Å². The number of benzene rings is 2. The number of rotatable bonds is 7. The van der Waals surface area contributed by atoms with Gasteiger partial charge in [0.1, 0.15) is 17.0 Å². The van der Waals surface area contributed by atoms with Crippen molar-refractivity contribution in [2.45, 2.75) is 6.42 Å². The highest BCUT2D eigenvalue weighted by atomic mass is 35.5. The van der Waals surface area contributed by atoms with Crippen LogP contribution in [0.5, 0.6) is 11.5 Å². The Morgan fingerprint density at radius 2 is 1.83 bits per heavy atom. The van der Waals surface area contributed by atoms with Crippen LogP contribution in [0.2, 0.25) is 5.02 Å². The lowest BCUT2D eigenvalue weighted by atomic mass is 10.1. The summed E-state index contributed by atoms with van der Waals surface area (Å²) in [6.45, 7) is 0.707. The monoisotopic (exact) mass is 422 g/mol. The Bertz CT molecular complexity index is 1170. The van der Waals surface area contributed by atoms with Crippen LogP contribution in [0, 0.1) is 0 Å². The Kier molecular flexibility index (Phi) is 5.77. The highest BCUT2D eigenvalue weighted by Crippen LogP contribution is 2.26. The number of halogens is 1. The van der Waals surface area contributed by atoms with Gasteiger partial charge in [-0.1, -0.05) is 23.7 Å². The molecule has 4 aromatic rings. The summed E-state index contributed by atoms with van der Waals surface area (Å²) >= 11 is 5.99. The van der Waals surface area contributed by atoms with Crippen LogP contribution >= 0.6 is 11.6 Å². The molecule has 154 valence electrons. The third-order valence-electron chi connectivity index (χ3n) is 5.07. The van der Waals surface area contributed by atoms with Crippen LogP contribution in [0.1, 0.15) is 5.56 Å². The Hall–Kier alpha value is -3.25. The average Bonchev–Trinajstić information content (AvgIpc) is 3.09. The number of pyridine rings is 1. The van der Waals surface area contributed by atoms with Crippen molar-refractivity contribution in [2.24, 2.45) is 7.05 Å². The van der Waals surface area contributed by atoms with E-state index in [9.17, 15) is 0 Å². The molecular formula is C23H23ClN4O2. The van der Waals surface area contributed by atoms with Gasteiger partial charge in [-0.15, -0.1) is 0 Å². The van der Waals surface area contributed by atoms with Crippen LogP contribution in [-0.4, -0.2) is 35.3 Å². The summed E-state index contributed by atoms with van der Waals surface area (Å²) in [6.07, 6.45) is 2.58. The first kappa shape index (κ1) is 20.0. The molecule has 0 bridgehead atoms. The summed E-state index contributed by atoms with van der Waals surface area (Å²) in [5.41, 5.74) is 4.83. The van der Waals surface area contributed by atoms with Crippen molar-refractivity contribution in [1.82, 2.24) is 14.5 Å². The molecule has 0 amide bonds. The van der Waals surface area contributed by atoms with Gasteiger partial charge >= 0.3 is 0 Å². The van der Waals surface area contributed by atoms with E-state index in [0.717, 1.165) is 51.7 Å². The molecule has 0 atom stereocenters.